The number of halogens is 2. The number of carbonyl (C=O) groups excluding carboxylic acids is 1. The number of aromatic amines is 1. The number of carbonyl (C=O) groups is 1. The quantitative estimate of drug-likeness (QED) is 0.458. The van der Waals surface area contributed by atoms with Gasteiger partial charge in [0.25, 0.3) is 0 Å². The SMILES string of the molecule is Cc1ncc(Oc2ccc(N3CCN(C(=O)Nc4c[nH]c5ccc(F)c(F)c45)CC3)cc2)cn1. The fourth-order valence-corrected chi connectivity index (χ4v) is 3.91. The molecular formula is C24H22F2N6O2. The van der Waals surface area contributed by atoms with E-state index in [4.69, 9.17) is 4.74 Å². The van der Waals surface area contributed by atoms with E-state index < -0.39 is 11.6 Å². The van der Waals surface area contributed by atoms with Crippen molar-refractivity contribution in [3.63, 3.8) is 0 Å². The van der Waals surface area contributed by atoms with Crippen molar-refractivity contribution in [1.29, 1.82) is 0 Å². The van der Waals surface area contributed by atoms with Gasteiger partial charge in [-0.2, -0.15) is 0 Å². The molecule has 0 radical (unpaired) electrons. The number of nitrogens with zero attached hydrogens (tertiary/aromatic N) is 4. The number of aryl methyl sites for hydroxylation is 1. The summed E-state index contributed by atoms with van der Waals surface area (Å²) < 4.78 is 33.6. The van der Waals surface area contributed by atoms with E-state index in [1.165, 1.54) is 12.3 Å². The third-order valence-corrected chi connectivity index (χ3v) is 5.74. The molecule has 1 aliphatic rings. The number of rotatable bonds is 4. The first kappa shape index (κ1) is 21.6. The Morgan fingerprint density at radius 2 is 1.71 bits per heavy atom. The third-order valence-electron chi connectivity index (χ3n) is 5.74. The summed E-state index contributed by atoms with van der Waals surface area (Å²) in [5, 5.41) is 2.73. The van der Waals surface area contributed by atoms with E-state index in [2.05, 4.69) is 25.2 Å². The van der Waals surface area contributed by atoms with Crippen LogP contribution in [0.2, 0.25) is 0 Å². The highest BCUT2D eigenvalue weighted by atomic mass is 19.2. The van der Waals surface area contributed by atoms with Gasteiger partial charge in [0.1, 0.15) is 11.6 Å². The zero-order valence-electron chi connectivity index (χ0n) is 18.4. The predicted molar refractivity (Wildman–Crippen MR) is 124 cm³/mol. The Labute approximate surface area is 194 Å². The topological polar surface area (TPSA) is 86.4 Å². The van der Waals surface area contributed by atoms with Gasteiger partial charge in [0.2, 0.25) is 0 Å². The van der Waals surface area contributed by atoms with Gasteiger partial charge in [-0.3, -0.25) is 0 Å². The lowest BCUT2D eigenvalue weighted by molar-refractivity contribution is 0.208. The van der Waals surface area contributed by atoms with Crippen LogP contribution in [0.5, 0.6) is 11.5 Å². The summed E-state index contributed by atoms with van der Waals surface area (Å²) in [5.41, 5.74) is 1.65. The second-order valence-corrected chi connectivity index (χ2v) is 7.95. The van der Waals surface area contributed by atoms with Crippen LogP contribution in [0.25, 0.3) is 10.9 Å². The minimum atomic E-state index is -0.985. The van der Waals surface area contributed by atoms with Crippen molar-refractivity contribution < 1.29 is 18.3 Å². The number of H-pyrrole nitrogens is 1. The number of fused-ring (bicyclic) bond motifs is 1. The molecule has 34 heavy (non-hydrogen) atoms. The fraction of sp³-hybridized carbons (Fsp3) is 0.208. The van der Waals surface area contributed by atoms with Gasteiger partial charge in [-0.15, -0.1) is 0 Å². The Hall–Kier alpha value is -4.21. The van der Waals surface area contributed by atoms with Crippen LogP contribution in [0.15, 0.2) is 55.0 Å². The molecule has 4 aromatic rings. The number of hydrogen-bond donors (Lipinski definition) is 2. The van der Waals surface area contributed by atoms with Crippen molar-refractivity contribution >= 4 is 28.3 Å². The molecule has 1 aliphatic heterocycles. The van der Waals surface area contributed by atoms with Gasteiger partial charge in [-0.25, -0.2) is 23.5 Å². The van der Waals surface area contributed by atoms with Crippen LogP contribution in [0.4, 0.5) is 25.0 Å². The fourth-order valence-electron chi connectivity index (χ4n) is 3.91. The number of ether oxygens (including phenoxy) is 1. The van der Waals surface area contributed by atoms with Crippen LogP contribution in [0, 0.1) is 18.6 Å². The largest absolute Gasteiger partial charge is 0.454 e. The summed E-state index contributed by atoms with van der Waals surface area (Å²) >= 11 is 0. The van der Waals surface area contributed by atoms with Crippen LogP contribution in [0.3, 0.4) is 0 Å². The van der Waals surface area contributed by atoms with E-state index >= 15 is 0 Å². The second-order valence-electron chi connectivity index (χ2n) is 7.95. The summed E-state index contributed by atoms with van der Waals surface area (Å²) in [6.45, 7) is 4.06. The molecule has 0 unspecified atom stereocenters. The summed E-state index contributed by atoms with van der Waals surface area (Å²) in [5.74, 6) is -0.0218. The number of aromatic nitrogens is 3. The van der Waals surface area contributed by atoms with Gasteiger partial charge < -0.3 is 24.8 Å². The number of hydrogen-bond acceptors (Lipinski definition) is 5. The maximum atomic E-state index is 14.2. The summed E-state index contributed by atoms with van der Waals surface area (Å²) in [6.07, 6.45) is 4.72. The number of anilines is 2. The van der Waals surface area contributed by atoms with Crippen LogP contribution in [-0.2, 0) is 0 Å². The van der Waals surface area contributed by atoms with Gasteiger partial charge in [-0.05, 0) is 43.3 Å². The lowest BCUT2D eigenvalue weighted by Gasteiger charge is -2.36. The minimum Gasteiger partial charge on any atom is -0.454 e. The molecule has 3 heterocycles. The first-order valence-electron chi connectivity index (χ1n) is 10.8. The number of nitrogens with one attached hydrogen (secondary N) is 2. The van der Waals surface area contributed by atoms with Gasteiger partial charge in [0, 0.05) is 38.1 Å². The van der Waals surface area contributed by atoms with E-state index in [-0.39, 0.29) is 17.1 Å². The molecule has 1 fully saturated rings. The van der Waals surface area contributed by atoms with E-state index in [1.54, 1.807) is 17.3 Å². The molecule has 0 spiro atoms. The number of amides is 2. The molecule has 2 aromatic heterocycles. The summed E-state index contributed by atoms with van der Waals surface area (Å²) in [4.78, 5) is 27.6. The molecule has 2 N–H and O–H groups in total. The van der Waals surface area contributed by atoms with Crippen molar-refractivity contribution in [2.45, 2.75) is 6.92 Å². The Balaban J connectivity index is 1.18. The van der Waals surface area contributed by atoms with Crippen LogP contribution >= 0.6 is 0 Å². The van der Waals surface area contributed by atoms with E-state index in [1.807, 2.05) is 31.2 Å². The predicted octanol–water partition coefficient (Wildman–Crippen LogP) is 4.69. The lowest BCUT2D eigenvalue weighted by Crippen LogP contribution is -2.50. The maximum Gasteiger partial charge on any atom is 0.322 e. The molecule has 0 bridgehead atoms. The molecule has 0 aliphatic carbocycles. The molecule has 0 atom stereocenters. The molecule has 8 nitrogen and oxygen atoms in total. The Bertz CT molecular complexity index is 1320. The van der Waals surface area contributed by atoms with Gasteiger partial charge in [-0.1, -0.05) is 0 Å². The number of piperazine rings is 1. The zero-order chi connectivity index (χ0) is 23.7. The molecule has 0 saturated carbocycles. The molecule has 174 valence electrons. The van der Waals surface area contributed by atoms with E-state index in [0.29, 0.717) is 49.0 Å². The highest BCUT2D eigenvalue weighted by Gasteiger charge is 2.23. The zero-order valence-corrected chi connectivity index (χ0v) is 18.4. The normalized spacial score (nSPS) is 13.9. The van der Waals surface area contributed by atoms with Gasteiger partial charge >= 0.3 is 6.03 Å². The lowest BCUT2D eigenvalue weighted by atomic mass is 10.2. The molecule has 5 rings (SSSR count). The summed E-state index contributed by atoms with van der Waals surface area (Å²) in [7, 11) is 0. The smallest absolute Gasteiger partial charge is 0.322 e. The molecule has 2 aromatic carbocycles. The van der Waals surface area contributed by atoms with Crippen molar-refractivity contribution in [3.05, 3.63) is 72.4 Å². The maximum absolute atomic E-state index is 14.2. The van der Waals surface area contributed by atoms with Gasteiger partial charge in [0.05, 0.1) is 29.0 Å². The highest BCUT2D eigenvalue weighted by Crippen LogP contribution is 2.28. The molecule has 1 saturated heterocycles. The average molecular weight is 464 g/mol. The monoisotopic (exact) mass is 464 g/mol. The number of benzene rings is 2. The second kappa shape index (κ2) is 8.97. The summed E-state index contributed by atoms with van der Waals surface area (Å²) in [6, 6.07) is 9.81. The Morgan fingerprint density at radius 3 is 2.41 bits per heavy atom. The van der Waals surface area contributed by atoms with E-state index in [9.17, 15) is 13.6 Å². The van der Waals surface area contributed by atoms with Gasteiger partial charge in [0.15, 0.2) is 17.4 Å². The van der Waals surface area contributed by atoms with Crippen molar-refractivity contribution in [2.24, 2.45) is 0 Å². The van der Waals surface area contributed by atoms with Crippen molar-refractivity contribution in [2.75, 3.05) is 36.4 Å². The number of urea groups is 1. The van der Waals surface area contributed by atoms with Crippen molar-refractivity contribution in [3.8, 4) is 11.5 Å². The van der Waals surface area contributed by atoms with Crippen LogP contribution < -0.4 is 15.0 Å². The molecule has 10 heteroatoms. The van der Waals surface area contributed by atoms with Crippen molar-refractivity contribution in [1.82, 2.24) is 19.9 Å². The highest BCUT2D eigenvalue weighted by molar-refractivity contribution is 6.01. The third kappa shape index (κ3) is 4.34. The molecule has 2 amide bonds. The Morgan fingerprint density at radius 1 is 1.00 bits per heavy atom. The Kier molecular flexibility index (Phi) is 5.70. The first-order valence-corrected chi connectivity index (χ1v) is 10.8. The van der Waals surface area contributed by atoms with Crippen LogP contribution in [0.1, 0.15) is 5.82 Å². The standard InChI is InChI=1S/C24H22F2N6O2/c1-15-27-12-18(13-28-15)34-17-4-2-16(3-5-17)31-8-10-32(11-9-31)24(33)30-21-14-29-20-7-6-19(25)23(26)22(20)21/h2-7,12-14,29H,8-11H2,1H3,(H,30,33). The van der Waals surface area contributed by atoms with Crippen LogP contribution in [-0.4, -0.2) is 52.1 Å². The minimum absolute atomic E-state index is 0.0338. The average Bonchev–Trinajstić information content (AvgIpc) is 3.27. The van der Waals surface area contributed by atoms with E-state index in [0.717, 1.165) is 11.8 Å². The first-order chi connectivity index (χ1) is 16.5. The molecular weight excluding hydrogens is 442 g/mol.